The van der Waals surface area contributed by atoms with E-state index >= 15 is 0 Å². The van der Waals surface area contributed by atoms with E-state index in [0.717, 1.165) is 36.4 Å². The monoisotopic (exact) mass is 319 g/mol. The Labute approximate surface area is 141 Å². The lowest BCUT2D eigenvalue weighted by molar-refractivity contribution is 0.272. The van der Waals surface area contributed by atoms with Gasteiger partial charge in [0.2, 0.25) is 0 Å². The molecule has 0 saturated heterocycles. The molecule has 0 amide bonds. The summed E-state index contributed by atoms with van der Waals surface area (Å²) in [6.07, 6.45) is 9.87. The van der Waals surface area contributed by atoms with Gasteiger partial charge in [-0.05, 0) is 42.5 Å². The average Bonchev–Trinajstić information content (AvgIpc) is 2.59. The number of nitrogens with one attached hydrogen (secondary N) is 1. The van der Waals surface area contributed by atoms with E-state index in [9.17, 15) is 0 Å². The molecule has 1 aliphatic carbocycles. The number of benzene rings is 1. The molecule has 0 aromatic heterocycles. The van der Waals surface area contributed by atoms with Crippen LogP contribution in [0.5, 0.6) is 11.5 Å². The summed E-state index contributed by atoms with van der Waals surface area (Å²) in [5.41, 5.74) is 1.24. The van der Waals surface area contributed by atoms with Crippen molar-refractivity contribution in [3.8, 4) is 11.5 Å². The van der Waals surface area contributed by atoms with Crippen LogP contribution in [0.1, 0.15) is 57.4 Å². The third kappa shape index (κ3) is 6.06. The highest BCUT2D eigenvalue weighted by molar-refractivity contribution is 5.42. The normalized spacial score (nSPS) is 21.2. The molecule has 1 N–H and O–H groups in total. The van der Waals surface area contributed by atoms with E-state index < -0.39 is 0 Å². The second-order valence-electron chi connectivity index (χ2n) is 6.99. The Bertz CT molecular complexity index is 453. The van der Waals surface area contributed by atoms with Crippen molar-refractivity contribution in [2.24, 2.45) is 11.8 Å². The summed E-state index contributed by atoms with van der Waals surface area (Å²) in [6.45, 7) is 4.38. The first kappa shape index (κ1) is 18.1. The second-order valence-corrected chi connectivity index (χ2v) is 6.99. The molecule has 0 unspecified atom stereocenters. The number of hydrogen-bond donors (Lipinski definition) is 1. The largest absolute Gasteiger partial charge is 0.493 e. The van der Waals surface area contributed by atoms with Gasteiger partial charge in [-0.25, -0.2) is 0 Å². The fraction of sp³-hybridized carbons (Fsp3) is 0.700. The molecular weight excluding hydrogens is 286 g/mol. The maximum atomic E-state index is 5.34. The van der Waals surface area contributed by atoms with Gasteiger partial charge in [0.05, 0.1) is 14.2 Å². The van der Waals surface area contributed by atoms with Gasteiger partial charge in [-0.1, -0.05) is 51.5 Å². The minimum Gasteiger partial charge on any atom is -0.493 e. The van der Waals surface area contributed by atoms with Gasteiger partial charge in [0.25, 0.3) is 0 Å². The van der Waals surface area contributed by atoms with E-state index in [-0.39, 0.29) is 0 Å². The summed E-state index contributed by atoms with van der Waals surface area (Å²) in [7, 11) is 3.35. The van der Waals surface area contributed by atoms with Crippen LogP contribution in [0.4, 0.5) is 0 Å². The molecule has 2 rings (SSSR count). The van der Waals surface area contributed by atoms with E-state index in [4.69, 9.17) is 9.47 Å². The van der Waals surface area contributed by atoms with Gasteiger partial charge >= 0.3 is 0 Å². The smallest absolute Gasteiger partial charge is 0.161 e. The van der Waals surface area contributed by atoms with Crippen LogP contribution >= 0.6 is 0 Å². The summed E-state index contributed by atoms with van der Waals surface area (Å²) in [5, 5.41) is 3.54. The number of unbranched alkanes of at least 4 members (excludes halogenated alkanes) is 1. The molecule has 0 heterocycles. The van der Waals surface area contributed by atoms with Crippen molar-refractivity contribution in [3.63, 3.8) is 0 Å². The molecule has 1 aromatic carbocycles. The minimum absolute atomic E-state index is 0.790. The molecule has 0 atom stereocenters. The van der Waals surface area contributed by atoms with Gasteiger partial charge in [-0.2, -0.15) is 0 Å². The molecule has 0 radical (unpaired) electrons. The van der Waals surface area contributed by atoms with Crippen molar-refractivity contribution >= 4 is 0 Å². The molecule has 0 bridgehead atoms. The first-order chi connectivity index (χ1) is 11.2. The summed E-state index contributed by atoms with van der Waals surface area (Å²) >= 11 is 0. The third-order valence-corrected chi connectivity index (χ3v) is 5.13. The topological polar surface area (TPSA) is 30.5 Å². The lowest BCUT2D eigenvalue weighted by Crippen LogP contribution is -2.16. The lowest BCUT2D eigenvalue weighted by atomic mass is 9.81. The molecule has 1 aromatic rings. The van der Waals surface area contributed by atoms with E-state index in [2.05, 4.69) is 24.4 Å². The highest BCUT2D eigenvalue weighted by Crippen LogP contribution is 2.31. The maximum Gasteiger partial charge on any atom is 0.161 e. The van der Waals surface area contributed by atoms with Crippen molar-refractivity contribution in [2.75, 3.05) is 20.8 Å². The van der Waals surface area contributed by atoms with Gasteiger partial charge < -0.3 is 14.8 Å². The summed E-state index contributed by atoms with van der Waals surface area (Å²) in [4.78, 5) is 0. The van der Waals surface area contributed by atoms with Crippen LogP contribution in [-0.2, 0) is 6.54 Å². The number of methoxy groups -OCH3 is 2. The van der Waals surface area contributed by atoms with E-state index in [0.29, 0.717) is 0 Å². The van der Waals surface area contributed by atoms with Crippen LogP contribution in [0.25, 0.3) is 0 Å². The number of ether oxygens (including phenoxy) is 2. The van der Waals surface area contributed by atoms with E-state index in [1.165, 1.54) is 50.5 Å². The molecule has 0 aliphatic heterocycles. The van der Waals surface area contributed by atoms with E-state index in [1.807, 2.05) is 6.07 Å². The van der Waals surface area contributed by atoms with Crippen LogP contribution in [0, 0.1) is 11.8 Å². The van der Waals surface area contributed by atoms with Crippen LogP contribution < -0.4 is 14.8 Å². The van der Waals surface area contributed by atoms with Crippen LogP contribution in [0.2, 0.25) is 0 Å². The Kier molecular flexibility index (Phi) is 7.73. The Balaban J connectivity index is 1.58. The summed E-state index contributed by atoms with van der Waals surface area (Å²) in [6, 6.07) is 6.12. The first-order valence-corrected chi connectivity index (χ1v) is 9.14. The molecule has 1 fully saturated rings. The molecule has 0 spiro atoms. The lowest BCUT2D eigenvalue weighted by Gasteiger charge is -2.26. The zero-order valence-electron chi connectivity index (χ0n) is 15.1. The van der Waals surface area contributed by atoms with Crippen LogP contribution in [-0.4, -0.2) is 20.8 Å². The zero-order chi connectivity index (χ0) is 16.5. The number of rotatable bonds is 9. The van der Waals surface area contributed by atoms with Crippen LogP contribution in [0.15, 0.2) is 18.2 Å². The fourth-order valence-electron chi connectivity index (χ4n) is 3.52. The fourth-order valence-corrected chi connectivity index (χ4v) is 3.52. The Morgan fingerprint density at radius 2 is 1.74 bits per heavy atom. The summed E-state index contributed by atoms with van der Waals surface area (Å²) in [5.74, 6) is 3.56. The zero-order valence-corrected chi connectivity index (χ0v) is 15.1. The third-order valence-electron chi connectivity index (χ3n) is 5.13. The molecule has 1 aliphatic rings. The van der Waals surface area contributed by atoms with Crippen molar-refractivity contribution in [1.82, 2.24) is 5.32 Å². The quantitative estimate of drug-likeness (QED) is 0.664. The van der Waals surface area contributed by atoms with Gasteiger partial charge in [-0.15, -0.1) is 0 Å². The van der Waals surface area contributed by atoms with Gasteiger partial charge in [-0.3, -0.25) is 0 Å². The molecule has 3 heteroatoms. The summed E-state index contributed by atoms with van der Waals surface area (Å²) < 4.78 is 10.6. The SMILES string of the molecule is COc1ccc(CNCCCCC2CCC(C)CC2)cc1OC. The predicted molar refractivity (Wildman–Crippen MR) is 96.2 cm³/mol. The molecule has 130 valence electrons. The van der Waals surface area contributed by atoms with E-state index in [1.54, 1.807) is 14.2 Å². The van der Waals surface area contributed by atoms with Gasteiger partial charge in [0.15, 0.2) is 11.5 Å². The first-order valence-electron chi connectivity index (χ1n) is 9.14. The minimum atomic E-state index is 0.790. The highest BCUT2D eigenvalue weighted by atomic mass is 16.5. The van der Waals surface area contributed by atoms with Gasteiger partial charge in [0.1, 0.15) is 0 Å². The highest BCUT2D eigenvalue weighted by Gasteiger charge is 2.17. The molecule has 1 saturated carbocycles. The Morgan fingerprint density at radius 1 is 1.00 bits per heavy atom. The van der Waals surface area contributed by atoms with Crippen molar-refractivity contribution in [3.05, 3.63) is 23.8 Å². The average molecular weight is 319 g/mol. The van der Waals surface area contributed by atoms with Crippen LogP contribution in [0.3, 0.4) is 0 Å². The van der Waals surface area contributed by atoms with Crippen molar-refractivity contribution in [2.45, 2.75) is 58.4 Å². The van der Waals surface area contributed by atoms with Gasteiger partial charge in [0, 0.05) is 6.54 Å². The molecule has 3 nitrogen and oxygen atoms in total. The number of hydrogen-bond acceptors (Lipinski definition) is 3. The predicted octanol–water partition coefficient (Wildman–Crippen LogP) is 4.79. The van der Waals surface area contributed by atoms with Crippen molar-refractivity contribution in [1.29, 1.82) is 0 Å². The molecular formula is C20H33NO2. The second kappa shape index (κ2) is 9.82. The molecule has 23 heavy (non-hydrogen) atoms. The van der Waals surface area contributed by atoms with Crippen molar-refractivity contribution < 1.29 is 9.47 Å². The maximum absolute atomic E-state index is 5.34. The Hall–Kier alpha value is -1.22. The Morgan fingerprint density at radius 3 is 2.43 bits per heavy atom. The standard InChI is InChI=1S/C20H33NO2/c1-16-7-9-17(10-8-16)6-4-5-13-21-15-18-11-12-19(22-2)20(14-18)23-3/h11-12,14,16-17,21H,4-10,13,15H2,1-3H3.